The predicted octanol–water partition coefficient (Wildman–Crippen LogP) is 3.28. The minimum Gasteiger partial charge on any atom is -0.478 e. The summed E-state index contributed by atoms with van der Waals surface area (Å²) in [6, 6.07) is 9.53. The van der Waals surface area contributed by atoms with Gasteiger partial charge in [-0.1, -0.05) is 12.1 Å². The number of rotatable bonds is 4. The first-order valence-electron chi connectivity index (χ1n) is 5.57. The normalized spacial score (nSPS) is 10.2. The quantitative estimate of drug-likeness (QED) is 0.890. The van der Waals surface area contributed by atoms with E-state index in [1.807, 2.05) is 0 Å². The lowest BCUT2D eigenvalue weighted by Gasteiger charge is -2.08. The van der Waals surface area contributed by atoms with E-state index in [1.165, 1.54) is 24.3 Å². The number of carbonyl (C=O) groups is 1. The Kier molecular flexibility index (Phi) is 3.75. The van der Waals surface area contributed by atoms with Gasteiger partial charge in [-0.15, -0.1) is 0 Å². The molecule has 19 heavy (non-hydrogen) atoms. The van der Waals surface area contributed by atoms with Crippen LogP contribution in [0.3, 0.4) is 0 Å². The van der Waals surface area contributed by atoms with Gasteiger partial charge in [0.2, 0.25) is 0 Å². The van der Waals surface area contributed by atoms with Crippen LogP contribution in [0.15, 0.2) is 42.5 Å². The number of carboxylic acid groups (broad SMARTS) is 1. The first-order valence-corrected chi connectivity index (χ1v) is 5.57. The summed E-state index contributed by atoms with van der Waals surface area (Å²) in [4.78, 5) is 10.7. The molecule has 2 rings (SSSR count). The van der Waals surface area contributed by atoms with E-state index in [0.717, 1.165) is 6.07 Å². The van der Waals surface area contributed by atoms with Gasteiger partial charge in [-0.3, -0.25) is 0 Å². The van der Waals surface area contributed by atoms with Gasteiger partial charge in [-0.2, -0.15) is 0 Å². The van der Waals surface area contributed by atoms with Crippen LogP contribution in [0.1, 0.15) is 15.9 Å². The van der Waals surface area contributed by atoms with E-state index in [9.17, 15) is 13.6 Å². The van der Waals surface area contributed by atoms with Gasteiger partial charge >= 0.3 is 5.97 Å². The Morgan fingerprint density at radius 2 is 1.95 bits per heavy atom. The fourth-order valence-corrected chi connectivity index (χ4v) is 1.64. The molecule has 0 aliphatic rings. The average molecular weight is 263 g/mol. The Morgan fingerprint density at radius 1 is 1.16 bits per heavy atom. The first-order chi connectivity index (χ1) is 9.06. The van der Waals surface area contributed by atoms with Crippen LogP contribution in [0.4, 0.5) is 14.5 Å². The monoisotopic (exact) mass is 263 g/mol. The second-order valence-corrected chi connectivity index (χ2v) is 3.98. The number of benzene rings is 2. The second-order valence-electron chi connectivity index (χ2n) is 3.98. The number of aromatic carboxylic acids is 1. The maximum atomic E-state index is 13.6. The standard InChI is InChI=1S/C14H11F2NO2/c15-11-3-1-2-9(6-11)8-17-13-5-4-10(14(18)19)7-12(13)16/h1-7,17H,8H2,(H,18,19). The summed E-state index contributed by atoms with van der Waals surface area (Å²) >= 11 is 0. The SMILES string of the molecule is O=C(O)c1ccc(NCc2cccc(F)c2)c(F)c1. The van der Waals surface area contributed by atoms with E-state index < -0.39 is 11.8 Å². The molecule has 0 saturated heterocycles. The van der Waals surface area contributed by atoms with Crippen LogP contribution in [0.5, 0.6) is 0 Å². The van der Waals surface area contributed by atoms with Crippen molar-refractivity contribution >= 4 is 11.7 Å². The summed E-state index contributed by atoms with van der Waals surface area (Å²) < 4.78 is 26.5. The van der Waals surface area contributed by atoms with Gasteiger partial charge in [0.25, 0.3) is 0 Å². The highest BCUT2D eigenvalue weighted by Gasteiger charge is 2.08. The van der Waals surface area contributed by atoms with Crippen molar-refractivity contribution in [2.24, 2.45) is 0 Å². The lowest BCUT2D eigenvalue weighted by atomic mass is 10.2. The van der Waals surface area contributed by atoms with Gasteiger partial charge in [0, 0.05) is 6.54 Å². The molecule has 0 unspecified atom stereocenters. The Bertz CT molecular complexity index is 614. The van der Waals surface area contributed by atoms with Gasteiger partial charge in [-0.05, 0) is 35.9 Å². The zero-order valence-electron chi connectivity index (χ0n) is 9.86. The third-order valence-electron chi connectivity index (χ3n) is 2.59. The number of halogens is 2. The molecule has 0 amide bonds. The van der Waals surface area contributed by atoms with Crippen LogP contribution >= 0.6 is 0 Å². The molecule has 2 N–H and O–H groups in total. The van der Waals surface area contributed by atoms with Crippen LogP contribution in [-0.4, -0.2) is 11.1 Å². The second kappa shape index (κ2) is 5.48. The molecule has 3 nitrogen and oxygen atoms in total. The lowest BCUT2D eigenvalue weighted by molar-refractivity contribution is 0.0696. The fourth-order valence-electron chi connectivity index (χ4n) is 1.64. The largest absolute Gasteiger partial charge is 0.478 e. The van der Waals surface area contributed by atoms with Crippen molar-refractivity contribution in [2.75, 3.05) is 5.32 Å². The molecule has 0 aliphatic carbocycles. The molecule has 98 valence electrons. The molecule has 0 heterocycles. The maximum absolute atomic E-state index is 13.6. The van der Waals surface area contributed by atoms with E-state index in [0.29, 0.717) is 5.56 Å². The summed E-state index contributed by atoms with van der Waals surface area (Å²) in [6.45, 7) is 0.251. The van der Waals surface area contributed by atoms with E-state index in [1.54, 1.807) is 12.1 Å². The van der Waals surface area contributed by atoms with Crippen molar-refractivity contribution in [3.05, 3.63) is 65.2 Å². The topological polar surface area (TPSA) is 49.3 Å². The summed E-state index contributed by atoms with van der Waals surface area (Å²) in [5.74, 6) is -2.20. The zero-order valence-corrected chi connectivity index (χ0v) is 9.86. The molecule has 0 bridgehead atoms. The molecule has 0 fully saturated rings. The van der Waals surface area contributed by atoms with Crippen molar-refractivity contribution in [3.8, 4) is 0 Å². The highest BCUT2D eigenvalue weighted by molar-refractivity contribution is 5.88. The van der Waals surface area contributed by atoms with Crippen LogP contribution in [-0.2, 0) is 6.54 Å². The maximum Gasteiger partial charge on any atom is 0.335 e. The molecule has 0 spiro atoms. The van der Waals surface area contributed by atoms with Gasteiger partial charge in [0.05, 0.1) is 11.3 Å². The summed E-state index contributed by atoms with van der Waals surface area (Å²) in [5, 5.41) is 11.5. The lowest BCUT2D eigenvalue weighted by Crippen LogP contribution is -2.04. The Balaban J connectivity index is 2.10. The molecule has 2 aromatic rings. The van der Waals surface area contributed by atoms with Gasteiger partial charge < -0.3 is 10.4 Å². The smallest absolute Gasteiger partial charge is 0.335 e. The van der Waals surface area contributed by atoms with Crippen LogP contribution in [0.2, 0.25) is 0 Å². The number of anilines is 1. The molecule has 0 radical (unpaired) electrons. The summed E-state index contributed by atoms with van der Waals surface area (Å²) in [7, 11) is 0. The molecule has 5 heteroatoms. The fraction of sp³-hybridized carbons (Fsp3) is 0.0714. The van der Waals surface area contributed by atoms with E-state index in [2.05, 4.69) is 5.32 Å². The Morgan fingerprint density at radius 3 is 2.58 bits per heavy atom. The molecule has 2 aromatic carbocycles. The molecular formula is C14H11F2NO2. The number of carboxylic acids is 1. The third kappa shape index (κ3) is 3.28. The highest BCUT2D eigenvalue weighted by Crippen LogP contribution is 2.17. The molecule has 0 atom stereocenters. The van der Waals surface area contributed by atoms with E-state index >= 15 is 0 Å². The predicted molar refractivity (Wildman–Crippen MR) is 67.1 cm³/mol. The minimum absolute atomic E-state index is 0.117. The highest BCUT2D eigenvalue weighted by atomic mass is 19.1. The zero-order chi connectivity index (χ0) is 13.8. The summed E-state index contributed by atoms with van der Waals surface area (Å²) in [5.41, 5.74) is 0.727. The number of hydrogen-bond acceptors (Lipinski definition) is 2. The van der Waals surface area contributed by atoms with Crippen LogP contribution in [0.25, 0.3) is 0 Å². The number of hydrogen-bond donors (Lipinski definition) is 2. The minimum atomic E-state index is -1.18. The van der Waals surface area contributed by atoms with Gasteiger partial charge in [0.1, 0.15) is 11.6 Å². The molecule has 0 aliphatic heterocycles. The van der Waals surface area contributed by atoms with Crippen molar-refractivity contribution in [3.63, 3.8) is 0 Å². The van der Waals surface area contributed by atoms with Gasteiger partial charge in [0.15, 0.2) is 0 Å². The third-order valence-corrected chi connectivity index (χ3v) is 2.59. The number of nitrogens with one attached hydrogen (secondary N) is 1. The first kappa shape index (κ1) is 13.0. The average Bonchev–Trinajstić information content (AvgIpc) is 2.37. The summed E-state index contributed by atoms with van der Waals surface area (Å²) in [6.07, 6.45) is 0. The molecule has 0 saturated carbocycles. The Hall–Kier alpha value is -2.43. The molecular weight excluding hydrogens is 252 g/mol. The van der Waals surface area contributed by atoms with Crippen molar-refractivity contribution in [1.82, 2.24) is 0 Å². The molecule has 0 aromatic heterocycles. The van der Waals surface area contributed by atoms with Crippen LogP contribution in [0, 0.1) is 11.6 Å². The van der Waals surface area contributed by atoms with Crippen molar-refractivity contribution < 1.29 is 18.7 Å². The van der Waals surface area contributed by atoms with E-state index in [4.69, 9.17) is 5.11 Å². The van der Waals surface area contributed by atoms with Crippen LogP contribution < -0.4 is 5.32 Å². The Labute approximate surface area is 108 Å². The van der Waals surface area contributed by atoms with Gasteiger partial charge in [-0.25, -0.2) is 13.6 Å². The van der Waals surface area contributed by atoms with Crippen molar-refractivity contribution in [1.29, 1.82) is 0 Å². The van der Waals surface area contributed by atoms with Crippen molar-refractivity contribution in [2.45, 2.75) is 6.54 Å². The van der Waals surface area contributed by atoms with E-state index in [-0.39, 0.29) is 23.6 Å².